The van der Waals surface area contributed by atoms with E-state index in [1.54, 1.807) is 0 Å². The molecule has 3 heteroatoms. The van der Waals surface area contributed by atoms with Crippen LogP contribution in [0.15, 0.2) is 162 Å². The van der Waals surface area contributed by atoms with E-state index in [9.17, 15) is 0 Å². The van der Waals surface area contributed by atoms with Gasteiger partial charge in [0.25, 0.3) is 0 Å². The van der Waals surface area contributed by atoms with Gasteiger partial charge in [0, 0.05) is 51.1 Å². The molecular formula is C48H26OS2. The normalized spacial score (nSPS) is 12.3. The van der Waals surface area contributed by atoms with Crippen LogP contribution in [0, 0.1) is 0 Å². The average Bonchev–Trinajstić information content (AvgIpc) is 3.87. The predicted octanol–water partition coefficient (Wildman–Crippen LogP) is 15.1. The number of hydrogen-bond donors (Lipinski definition) is 0. The molecule has 0 aliphatic carbocycles. The summed E-state index contributed by atoms with van der Waals surface area (Å²) in [5.74, 6) is 0. The highest BCUT2D eigenvalue weighted by atomic mass is 32.1. The van der Waals surface area contributed by atoms with E-state index in [2.05, 4.69) is 152 Å². The van der Waals surface area contributed by atoms with Crippen molar-refractivity contribution in [3.63, 3.8) is 0 Å². The predicted molar refractivity (Wildman–Crippen MR) is 223 cm³/mol. The molecule has 0 saturated carbocycles. The number of furan rings is 1. The fourth-order valence-corrected chi connectivity index (χ4v) is 11.1. The van der Waals surface area contributed by atoms with Crippen molar-refractivity contribution in [2.45, 2.75) is 0 Å². The Morgan fingerprint density at radius 2 is 0.882 bits per heavy atom. The number of thiophene rings is 2. The van der Waals surface area contributed by atoms with Crippen LogP contribution < -0.4 is 0 Å². The summed E-state index contributed by atoms with van der Waals surface area (Å²) in [6, 6.07) is 58.1. The maximum atomic E-state index is 6.37. The number of fused-ring (bicyclic) bond motifs is 14. The summed E-state index contributed by atoms with van der Waals surface area (Å²) in [5.41, 5.74) is 6.78. The van der Waals surface area contributed by atoms with Crippen LogP contribution in [0.3, 0.4) is 0 Å². The Hall–Kier alpha value is -6.00. The fraction of sp³-hybridized carbons (Fsp3) is 0. The number of rotatable bonds is 2. The Labute approximate surface area is 300 Å². The number of hydrogen-bond acceptors (Lipinski definition) is 3. The molecule has 0 radical (unpaired) electrons. The summed E-state index contributed by atoms with van der Waals surface area (Å²) in [4.78, 5) is 0. The maximum Gasteiger partial charge on any atom is 0.136 e. The van der Waals surface area contributed by atoms with E-state index in [0.29, 0.717) is 0 Å². The van der Waals surface area contributed by atoms with Gasteiger partial charge in [0.1, 0.15) is 11.2 Å². The van der Waals surface area contributed by atoms with Gasteiger partial charge in [-0.1, -0.05) is 115 Å². The van der Waals surface area contributed by atoms with E-state index < -0.39 is 0 Å². The van der Waals surface area contributed by atoms with Gasteiger partial charge in [0.05, 0.1) is 0 Å². The second-order valence-electron chi connectivity index (χ2n) is 13.5. The van der Waals surface area contributed by atoms with E-state index in [0.717, 1.165) is 21.9 Å². The van der Waals surface area contributed by atoms with Crippen LogP contribution in [-0.4, -0.2) is 0 Å². The molecule has 0 atom stereocenters. The third-order valence-electron chi connectivity index (χ3n) is 10.8. The largest absolute Gasteiger partial charge is 0.456 e. The van der Waals surface area contributed by atoms with E-state index in [-0.39, 0.29) is 0 Å². The lowest BCUT2D eigenvalue weighted by Crippen LogP contribution is -1.90. The molecule has 0 aliphatic heterocycles. The number of benzene rings is 9. The van der Waals surface area contributed by atoms with Crippen molar-refractivity contribution in [3.8, 4) is 22.3 Å². The van der Waals surface area contributed by atoms with Crippen molar-refractivity contribution in [1.82, 2.24) is 0 Å². The molecule has 0 unspecified atom stereocenters. The summed E-state index contributed by atoms with van der Waals surface area (Å²) in [6.07, 6.45) is 0. The second kappa shape index (κ2) is 10.3. The van der Waals surface area contributed by atoms with Crippen molar-refractivity contribution in [1.29, 1.82) is 0 Å². The highest BCUT2D eigenvalue weighted by molar-refractivity contribution is 7.29. The molecule has 0 bridgehead atoms. The molecule has 0 fully saturated rings. The van der Waals surface area contributed by atoms with Gasteiger partial charge in [-0.15, -0.1) is 22.7 Å². The molecule has 51 heavy (non-hydrogen) atoms. The molecule has 0 saturated heterocycles. The molecule has 0 spiro atoms. The summed E-state index contributed by atoms with van der Waals surface area (Å²) in [5, 5.41) is 15.4. The van der Waals surface area contributed by atoms with Crippen LogP contribution in [0.1, 0.15) is 0 Å². The van der Waals surface area contributed by atoms with Crippen molar-refractivity contribution in [2.75, 3.05) is 0 Å². The Kier molecular flexibility index (Phi) is 5.59. The SMILES string of the molecule is c1ccc2c(c1)ccc1sc3c(ccc4sc5ccc(-c6c7ccccc7c(-c7ccc8c(c7)oc7ccccc78)c7ccccc67)cc5c43)c12. The van der Waals surface area contributed by atoms with E-state index in [4.69, 9.17) is 4.42 Å². The molecular weight excluding hydrogens is 657 g/mol. The zero-order valence-electron chi connectivity index (χ0n) is 27.2. The molecule has 12 aromatic rings. The van der Waals surface area contributed by atoms with Gasteiger partial charge < -0.3 is 4.42 Å². The van der Waals surface area contributed by atoms with Gasteiger partial charge in [0.15, 0.2) is 0 Å². The summed E-state index contributed by atoms with van der Waals surface area (Å²) >= 11 is 3.83. The van der Waals surface area contributed by atoms with Crippen LogP contribution in [-0.2, 0) is 0 Å². The third-order valence-corrected chi connectivity index (χ3v) is 13.2. The minimum absolute atomic E-state index is 0.918. The summed E-state index contributed by atoms with van der Waals surface area (Å²) in [6.45, 7) is 0. The molecule has 3 aromatic heterocycles. The highest BCUT2D eigenvalue weighted by Gasteiger charge is 2.20. The van der Waals surface area contributed by atoms with Crippen LogP contribution in [0.5, 0.6) is 0 Å². The Morgan fingerprint density at radius 3 is 1.65 bits per heavy atom. The second-order valence-corrected chi connectivity index (χ2v) is 15.7. The highest BCUT2D eigenvalue weighted by Crippen LogP contribution is 2.49. The fourth-order valence-electron chi connectivity index (χ4n) is 8.65. The molecule has 1 nitrogen and oxygen atoms in total. The summed E-state index contributed by atoms with van der Waals surface area (Å²) in [7, 11) is 0. The first-order valence-electron chi connectivity index (χ1n) is 17.3. The minimum atomic E-state index is 0.918. The molecule has 9 aromatic carbocycles. The van der Waals surface area contributed by atoms with E-state index in [1.807, 2.05) is 28.7 Å². The van der Waals surface area contributed by atoms with Crippen molar-refractivity contribution < 1.29 is 4.42 Å². The zero-order valence-corrected chi connectivity index (χ0v) is 28.9. The molecule has 12 rings (SSSR count). The van der Waals surface area contributed by atoms with E-state index >= 15 is 0 Å². The lowest BCUT2D eigenvalue weighted by Gasteiger charge is -2.18. The van der Waals surface area contributed by atoms with Gasteiger partial charge in [-0.05, 0) is 97.0 Å². The Bertz CT molecular complexity index is 3370. The minimum Gasteiger partial charge on any atom is -0.456 e. The zero-order chi connectivity index (χ0) is 33.2. The first-order chi connectivity index (χ1) is 25.3. The smallest absolute Gasteiger partial charge is 0.136 e. The molecule has 236 valence electrons. The van der Waals surface area contributed by atoms with Crippen molar-refractivity contribution >= 4 is 117 Å². The molecule has 0 N–H and O–H groups in total. The van der Waals surface area contributed by atoms with Gasteiger partial charge in [-0.2, -0.15) is 0 Å². The number of para-hydroxylation sites is 1. The van der Waals surface area contributed by atoms with Gasteiger partial charge in [-0.25, -0.2) is 0 Å². The quantitative estimate of drug-likeness (QED) is 0.165. The lowest BCUT2D eigenvalue weighted by molar-refractivity contribution is 0.669. The van der Waals surface area contributed by atoms with Crippen LogP contribution in [0.25, 0.3) is 117 Å². The third kappa shape index (κ3) is 3.85. The van der Waals surface area contributed by atoms with Gasteiger partial charge >= 0.3 is 0 Å². The first-order valence-corrected chi connectivity index (χ1v) is 19.0. The molecule has 3 heterocycles. The van der Waals surface area contributed by atoms with Crippen molar-refractivity contribution in [2.24, 2.45) is 0 Å². The average molecular weight is 683 g/mol. The van der Waals surface area contributed by atoms with Gasteiger partial charge in [0.2, 0.25) is 0 Å². The van der Waals surface area contributed by atoms with Gasteiger partial charge in [-0.3, -0.25) is 0 Å². The molecule has 0 aliphatic rings. The Morgan fingerprint density at radius 1 is 0.333 bits per heavy atom. The van der Waals surface area contributed by atoms with Crippen molar-refractivity contribution in [3.05, 3.63) is 158 Å². The van der Waals surface area contributed by atoms with E-state index in [1.165, 1.54) is 94.9 Å². The maximum absolute atomic E-state index is 6.37. The van der Waals surface area contributed by atoms with Crippen LogP contribution >= 0.6 is 22.7 Å². The van der Waals surface area contributed by atoms with Crippen LogP contribution in [0.4, 0.5) is 0 Å². The monoisotopic (exact) mass is 682 g/mol. The lowest BCUT2D eigenvalue weighted by atomic mass is 9.85. The standard InChI is InChI=1S/C48H26OS2/c1-2-10-30-27(9-1)18-23-42-46(30)37-21-24-43-47(48(37)51-42)38-25-28(19-22-41(38)50-43)44-33-12-3-5-14-35(33)45(36-15-6-4-13-34(36)44)29-17-20-32-31-11-7-8-16-39(31)49-40(32)26-29/h1-26H. The first kappa shape index (κ1) is 27.8. The topological polar surface area (TPSA) is 13.1 Å². The van der Waals surface area contributed by atoms with Crippen LogP contribution in [0.2, 0.25) is 0 Å². The Balaban J connectivity index is 1.14. The summed E-state index contributed by atoms with van der Waals surface area (Å²) < 4.78 is 11.8. The molecule has 0 amide bonds.